The lowest BCUT2D eigenvalue weighted by atomic mass is 10.1. The first-order valence-electron chi connectivity index (χ1n) is 5.91. The molecule has 1 aromatic heterocycles. The molecule has 0 bridgehead atoms. The third kappa shape index (κ3) is 2.68. The summed E-state index contributed by atoms with van der Waals surface area (Å²) >= 11 is 1.70. The van der Waals surface area contributed by atoms with E-state index in [0.29, 0.717) is 0 Å². The molecule has 1 aromatic rings. The van der Waals surface area contributed by atoms with E-state index in [9.17, 15) is 4.79 Å². The van der Waals surface area contributed by atoms with Crippen molar-refractivity contribution in [2.24, 2.45) is 5.73 Å². The van der Waals surface area contributed by atoms with Crippen molar-refractivity contribution in [1.29, 1.82) is 0 Å². The second-order valence-corrected chi connectivity index (χ2v) is 5.88. The SMILES string of the molecule is Cc1cc(C(N)C(=O)N2CCNCC2)c(C)s1. The molecular formula is C12H19N3OS. The second-order valence-electron chi connectivity index (χ2n) is 4.42. The van der Waals surface area contributed by atoms with E-state index in [1.165, 1.54) is 4.88 Å². The van der Waals surface area contributed by atoms with Crippen LogP contribution in [0.1, 0.15) is 21.4 Å². The molecule has 0 saturated carbocycles. The molecule has 1 aliphatic rings. The molecule has 1 amide bonds. The molecule has 0 aliphatic carbocycles. The summed E-state index contributed by atoms with van der Waals surface area (Å²) in [5, 5.41) is 3.23. The van der Waals surface area contributed by atoms with Crippen molar-refractivity contribution >= 4 is 17.2 Å². The number of hydrogen-bond donors (Lipinski definition) is 2. The molecule has 17 heavy (non-hydrogen) atoms. The number of carbonyl (C=O) groups excluding carboxylic acids is 1. The summed E-state index contributed by atoms with van der Waals surface area (Å²) < 4.78 is 0. The van der Waals surface area contributed by atoms with E-state index in [4.69, 9.17) is 5.73 Å². The average Bonchev–Trinajstić information content (AvgIpc) is 2.68. The van der Waals surface area contributed by atoms with Crippen molar-refractivity contribution in [3.63, 3.8) is 0 Å². The number of nitrogens with two attached hydrogens (primary N) is 1. The molecule has 0 spiro atoms. The minimum absolute atomic E-state index is 0.0485. The number of piperazine rings is 1. The van der Waals surface area contributed by atoms with Crippen LogP contribution in [0.5, 0.6) is 0 Å². The van der Waals surface area contributed by atoms with E-state index in [2.05, 4.69) is 5.32 Å². The maximum absolute atomic E-state index is 12.2. The summed E-state index contributed by atoms with van der Waals surface area (Å²) in [6.45, 7) is 7.31. The van der Waals surface area contributed by atoms with Gasteiger partial charge < -0.3 is 16.0 Å². The molecule has 1 atom stereocenters. The van der Waals surface area contributed by atoms with Gasteiger partial charge in [-0.15, -0.1) is 11.3 Å². The molecule has 1 unspecified atom stereocenters. The summed E-state index contributed by atoms with van der Waals surface area (Å²) in [5.41, 5.74) is 7.06. The second kappa shape index (κ2) is 5.16. The standard InChI is InChI=1S/C12H19N3OS/c1-8-7-10(9(2)17-8)11(13)12(16)15-5-3-14-4-6-15/h7,11,14H,3-6,13H2,1-2H3. The lowest BCUT2D eigenvalue weighted by molar-refractivity contribution is -0.133. The van der Waals surface area contributed by atoms with Crippen LogP contribution >= 0.6 is 11.3 Å². The highest BCUT2D eigenvalue weighted by Gasteiger charge is 2.25. The predicted molar refractivity (Wildman–Crippen MR) is 70.2 cm³/mol. The predicted octanol–water partition coefficient (Wildman–Crippen LogP) is 0.797. The van der Waals surface area contributed by atoms with E-state index in [-0.39, 0.29) is 5.91 Å². The van der Waals surface area contributed by atoms with Gasteiger partial charge in [-0.2, -0.15) is 0 Å². The van der Waals surface area contributed by atoms with E-state index in [1.807, 2.05) is 24.8 Å². The van der Waals surface area contributed by atoms with Gasteiger partial charge in [0.05, 0.1) is 0 Å². The average molecular weight is 253 g/mol. The zero-order chi connectivity index (χ0) is 12.4. The Morgan fingerprint density at radius 1 is 1.47 bits per heavy atom. The van der Waals surface area contributed by atoms with E-state index in [1.54, 1.807) is 11.3 Å². The Hall–Kier alpha value is -0.910. The molecule has 0 radical (unpaired) electrons. The highest BCUT2D eigenvalue weighted by atomic mass is 32.1. The number of hydrogen-bond acceptors (Lipinski definition) is 4. The highest BCUT2D eigenvalue weighted by Crippen LogP contribution is 2.26. The van der Waals surface area contributed by atoms with Crippen LogP contribution in [-0.2, 0) is 4.79 Å². The first-order valence-corrected chi connectivity index (χ1v) is 6.73. The first kappa shape index (κ1) is 12.5. The molecular weight excluding hydrogens is 234 g/mol. The molecule has 1 saturated heterocycles. The Bertz CT molecular complexity index is 410. The topological polar surface area (TPSA) is 58.4 Å². The van der Waals surface area contributed by atoms with Gasteiger partial charge in [-0.1, -0.05) is 0 Å². The van der Waals surface area contributed by atoms with Crippen LogP contribution in [-0.4, -0.2) is 37.0 Å². The number of nitrogens with zero attached hydrogens (tertiary/aromatic N) is 1. The highest BCUT2D eigenvalue weighted by molar-refractivity contribution is 7.12. The summed E-state index contributed by atoms with van der Waals surface area (Å²) in [7, 11) is 0. The molecule has 4 nitrogen and oxygen atoms in total. The van der Waals surface area contributed by atoms with E-state index in [0.717, 1.165) is 36.6 Å². The third-order valence-corrected chi connectivity index (χ3v) is 4.09. The van der Waals surface area contributed by atoms with Gasteiger partial charge in [0.25, 0.3) is 0 Å². The van der Waals surface area contributed by atoms with E-state index >= 15 is 0 Å². The molecule has 1 fully saturated rings. The van der Waals surface area contributed by atoms with E-state index < -0.39 is 6.04 Å². The van der Waals surface area contributed by atoms with Crippen LogP contribution in [0.15, 0.2) is 6.07 Å². The normalized spacial score (nSPS) is 18.2. The zero-order valence-corrected chi connectivity index (χ0v) is 11.1. The first-order chi connectivity index (χ1) is 8.09. The van der Waals surface area contributed by atoms with Crippen LogP contribution in [0, 0.1) is 13.8 Å². The van der Waals surface area contributed by atoms with Crippen LogP contribution in [0.2, 0.25) is 0 Å². The Kier molecular flexibility index (Phi) is 3.81. The Balaban J connectivity index is 2.11. The lowest BCUT2D eigenvalue weighted by Gasteiger charge is -2.29. The lowest BCUT2D eigenvalue weighted by Crippen LogP contribution is -2.49. The maximum Gasteiger partial charge on any atom is 0.244 e. The van der Waals surface area contributed by atoms with Gasteiger partial charge >= 0.3 is 0 Å². The largest absolute Gasteiger partial charge is 0.339 e. The van der Waals surface area contributed by atoms with Crippen LogP contribution in [0.3, 0.4) is 0 Å². The van der Waals surface area contributed by atoms with Crippen molar-refractivity contribution < 1.29 is 4.79 Å². The molecule has 94 valence electrons. The van der Waals surface area contributed by atoms with Crippen LogP contribution in [0.4, 0.5) is 0 Å². The molecule has 0 aromatic carbocycles. The summed E-state index contributed by atoms with van der Waals surface area (Å²) in [4.78, 5) is 16.5. The minimum Gasteiger partial charge on any atom is -0.339 e. The fourth-order valence-electron chi connectivity index (χ4n) is 2.17. The third-order valence-electron chi connectivity index (χ3n) is 3.11. The van der Waals surface area contributed by atoms with Crippen molar-refractivity contribution in [3.8, 4) is 0 Å². The van der Waals surface area contributed by atoms with Crippen molar-refractivity contribution in [2.75, 3.05) is 26.2 Å². The van der Waals surface area contributed by atoms with Gasteiger partial charge in [0.15, 0.2) is 0 Å². The minimum atomic E-state index is -0.502. The maximum atomic E-state index is 12.2. The van der Waals surface area contributed by atoms with Crippen LogP contribution < -0.4 is 11.1 Å². The van der Waals surface area contributed by atoms with Gasteiger partial charge in [0, 0.05) is 35.9 Å². The molecule has 2 rings (SSSR count). The van der Waals surface area contributed by atoms with Gasteiger partial charge in [0.2, 0.25) is 5.91 Å². The monoisotopic (exact) mass is 253 g/mol. The van der Waals surface area contributed by atoms with Crippen molar-refractivity contribution in [3.05, 3.63) is 21.4 Å². The van der Waals surface area contributed by atoms with Gasteiger partial charge in [-0.05, 0) is 25.5 Å². The fourth-order valence-corrected chi connectivity index (χ4v) is 3.15. The van der Waals surface area contributed by atoms with Gasteiger partial charge in [0.1, 0.15) is 6.04 Å². The number of rotatable bonds is 2. The van der Waals surface area contributed by atoms with Gasteiger partial charge in [-0.3, -0.25) is 4.79 Å². The van der Waals surface area contributed by atoms with Crippen molar-refractivity contribution in [1.82, 2.24) is 10.2 Å². The molecule has 5 heteroatoms. The number of amides is 1. The molecule has 1 aliphatic heterocycles. The zero-order valence-electron chi connectivity index (χ0n) is 10.3. The fraction of sp³-hybridized carbons (Fsp3) is 0.583. The van der Waals surface area contributed by atoms with Gasteiger partial charge in [-0.25, -0.2) is 0 Å². The summed E-state index contributed by atoms with van der Waals surface area (Å²) in [5.74, 6) is 0.0485. The van der Waals surface area contributed by atoms with Crippen LogP contribution in [0.25, 0.3) is 0 Å². The Morgan fingerprint density at radius 3 is 2.65 bits per heavy atom. The smallest absolute Gasteiger partial charge is 0.244 e. The Labute approximate surface area is 106 Å². The number of carbonyl (C=O) groups is 1. The number of nitrogens with one attached hydrogen (secondary N) is 1. The summed E-state index contributed by atoms with van der Waals surface area (Å²) in [6, 6.07) is 1.53. The molecule has 2 heterocycles. The number of thiophene rings is 1. The number of aryl methyl sites for hydroxylation is 2. The molecule has 3 N–H and O–H groups in total. The quantitative estimate of drug-likeness (QED) is 0.819. The summed E-state index contributed by atoms with van der Waals surface area (Å²) in [6.07, 6.45) is 0. The Morgan fingerprint density at radius 2 is 2.12 bits per heavy atom. The van der Waals surface area contributed by atoms with Crippen molar-refractivity contribution in [2.45, 2.75) is 19.9 Å².